The lowest BCUT2D eigenvalue weighted by molar-refractivity contribution is -0.130. The lowest BCUT2D eigenvalue weighted by atomic mass is 9.90. The fraction of sp³-hybridized carbons (Fsp3) is 0.933. The number of amides is 1. The molecule has 1 atom stereocenters. The van der Waals surface area contributed by atoms with Gasteiger partial charge in [0.05, 0.1) is 0 Å². The molecule has 0 aromatic heterocycles. The van der Waals surface area contributed by atoms with E-state index in [0.29, 0.717) is 18.4 Å². The van der Waals surface area contributed by atoms with Gasteiger partial charge in [-0.3, -0.25) is 9.69 Å². The largest absolute Gasteiger partial charge is 0.341 e. The molecule has 0 saturated carbocycles. The Labute approximate surface area is 117 Å². The third kappa shape index (κ3) is 4.46. The Kier molecular flexibility index (Phi) is 4.85. The minimum atomic E-state index is 0.257. The third-order valence-electron chi connectivity index (χ3n) is 4.27. The van der Waals surface area contributed by atoms with Crippen molar-refractivity contribution in [3.8, 4) is 0 Å². The SMILES string of the molecule is CC(C)(C)CCC(=O)N1CCC(N2CCNCC2)C1. The molecule has 2 fully saturated rings. The maximum absolute atomic E-state index is 12.2. The van der Waals surface area contributed by atoms with Crippen LogP contribution >= 0.6 is 0 Å². The van der Waals surface area contributed by atoms with Crippen molar-refractivity contribution >= 4 is 5.91 Å². The Morgan fingerprint density at radius 3 is 2.53 bits per heavy atom. The molecule has 19 heavy (non-hydrogen) atoms. The van der Waals surface area contributed by atoms with Crippen molar-refractivity contribution in [2.24, 2.45) is 5.41 Å². The summed E-state index contributed by atoms with van der Waals surface area (Å²) in [5.74, 6) is 0.354. The summed E-state index contributed by atoms with van der Waals surface area (Å²) in [7, 11) is 0. The molecule has 4 nitrogen and oxygen atoms in total. The van der Waals surface area contributed by atoms with Crippen molar-refractivity contribution in [2.45, 2.75) is 46.1 Å². The summed E-state index contributed by atoms with van der Waals surface area (Å²) < 4.78 is 0. The fourth-order valence-corrected chi connectivity index (χ4v) is 2.95. The quantitative estimate of drug-likeness (QED) is 0.838. The highest BCUT2D eigenvalue weighted by Gasteiger charge is 2.30. The lowest BCUT2D eigenvalue weighted by Gasteiger charge is -2.32. The zero-order valence-electron chi connectivity index (χ0n) is 12.7. The molecule has 2 aliphatic heterocycles. The molecule has 1 N–H and O–H groups in total. The first-order chi connectivity index (χ1) is 8.96. The predicted molar refractivity (Wildman–Crippen MR) is 78.1 cm³/mol. The average molecular weight is 267 g/mol. The number of nitrogens with zero attached hydrogens (tertiary/aromatic N) is 2. The number of hydrogen-bond donors (Lipinski definition) is 1. The van der Waals surface area contributed by atoms with Gasteiger partial charge in [0.25, 0.3) is 0 Å². The van der Waals surface area contributed by atoms with Crippen molar-refractivity contribution < 1.29 is 4.79 Å². The van der Waals surface area contributed by atoms with Crippen LogP contribution in [0.25, 0.3) is 0 Å². The maximum atomic E-state index is 12.2. The van der Waals surface area contributed by atoms with Gasteiger partial charge in [-0.05, 0) is 18.3 Å². The Morgan fingerprint density at radius 1 is 1.21 bits per heavy atom. The predicted octanol–water partition coefficient (Wildman–Crippen LogP) is 1.32. The van der Waals surface area contributed by atoms with Crippen molar-refractivity contribution in [1.29, 1.82) is 0 Å². The van der Waals surface area contributed by atoms with Crippen LogP contribution < -0.4 is 5.32 Å². The molecule has 0 aliphatic carbocycles. The van der Waals surface area contributed by atoms with E-state index >= 15 is 0 Å². The number of carbonyl (C=O) groups is 1. The van der Waals surface area contributed by atoms with E-state index in [1.165, 1.54) is 0 Å². The normalized spacial score (nSPS) is 25.8. The van der Waals surface area contributed by atoms with E-state index in [0.717, 1.165) is 52.1 Å². The molecule has 2 aliphatic rings. The molecular formula is C15H29N3O. The molecule has 0 aromatic carbocycles. The number of nitrogens with one attached hydrogen (secondary N) is 1. The summed E-state index contributed by atoms with van der Waals surface area (Å²) in [5.41, 5.74) is 0.257. The molecule has 0 bridgehead atoms. The smallest absolute Gasteiger partial charge is 0.222 e. The van der Waals surface area contributed by atoms with E-state index in [9.17, 15) is 4.79 Å². The van der Waals surface area contributed by atoms with Crippen molar-refractivity contribution in [3.05, 3.63) is 0 Å². The number of hydrogen-bond acceptors (Lipinski definition) is 3. The molecule has 1 unspecified atom stereocenters. The molecule has 0 aromatic rings. The van der Waals surface area contributed by atoms with Crippen LogP contribution in [0.1, 0.15) is 40.0 Å². The van der Waals surface area contributed by atoms with E-state index in [1.807, 2.05) is 0 Å². The molecule has 0 spiro atoms. The highest BCUT2D eigenvalue weighted by molar-refractivity contribution is 5.76. The zero-order chi connectivity index (χ0) is 13.9. The van der Waals surface area contributed by atoms with Gasteiger partial charge in [-0.2, -0.15) is 0 Å². The number of carbonyl (C=O) groups excluding carboxylic acids is 1. The van der Waals surface area contributed by atoms with Gasteiger partial charge in [0.15, 0.2) is 0 Å². The van der Waals surface area contributed by atoms with E-state index < -0.39 is 0 Å². The van der Waals surface area contributed by atoms with Crippen molar-refractivity contribution in [1.82, 2.24) is 15.1 Å². The van der Waals surface area contributed by atoms with Crippen LogP contribution in [0.4, 0.5) is 0 Å². The Hall–Kier alpha value is -0.610. The van der Waals surface area contributed by atoms with Gasteiger partial charge in [0, 0.05) is 51.7 Å². The highest BCUT2D eigenvalue weighted by Crippen LogP contribution is 2.23. The molecule has 2 rings (SSSR count). The van der Waals surface area contributed by atoms with Gasteiger partial charge in [-0.25, -0.2) is 0 Å². The summed E-state index contributed by atoms with van der Waals surface area (Å²) in [6, 6.07) is 0.598. The van der Waals surface area contributed by atoms with Crippen LogP contribution in [0.15, 0.2) is 0 Å². The zero-order valence-corrected chi connectivity index (χ0v) is 12.7. The number of piperazine rings is 1. The van der Waals surface area contributed by atoms with Crippen LogP contribution in [0.2, 0.25) is 0 Å². The first kappa shape index (κ1) is 14.8. The van der Waals surface area contributed by atoms with E-state index in [4.69, 9.17) is 0 Å². The molecule has 110 valence electrons. The van der Waals surface area contributed by atoms with Crippen LogP contribution in [0.3, 0.4) is 0 Å². The molecule has 2 heterocycles. The summed E-state index contributed by atoms with van der Waals surface area (Å²) in [6.07, 6.45) is 2.85. The van der Waals surface area contributed by atoms with Gasteiger partial charge in [-0.15, -0.1) is 0 Å². The van der Waals surface area contributed by atoms with E-state index in [1.54, 1.807) is 0 Å². The van der Waals surface area contributed by atoms with Crippen molar-refractivity contribution in [3.63, 3.8) is 0 Å². The van der Waals surface area contributed by atoms with Crippen LogP contribution in [0, 0.1) is 5.41 Å². The minimum Gasteiger partial charge on any atom is -0.341 e. The Morgan fingerprint density at radius 2 is 1.89 bits per heavy atom. The van der Waals surface area contributed by atoms with Crippen molar-refractivity contribution in [2.75, 3.05) is 39.3 Å². The average Bonchev–Trinajstić information content (AvgIpc) is 2.86. The second-order valence-corrected chi connectivity index (χ2v) is 7.13. The standard InChI is InChI=1S/C15H29N3O/c1-15(2,3)6-4-14(19)18-9-5-13(12-18)17-10-7-16-8-11-17/h13,16H,4-12H2,1-3H3. The summed E-state index contributed by atoms with van der Waals surface area (Å²) >= 11 is 0. The molecule has 0 radical (unpaired) electrons. The fourth-order valence-electron chi connectivity index (χ4n) is 2.95. The van der Waals surface area contributed by atoms with Gasteiger partial charge < -0.3 is 10.2 Å². The van der Waals surface area contributed by atoms with Gasteiger partial charge in [-0.1, -0.05) is 20.8 Å². The first-order valence-corrected chi connectivity index (χ1v) is 7.68. The van der Waals surface area contributed by atoms with E-state index in [-0.39, 0.29) is 5.41 Å². The summed E-state index contributed by atoms with van der Waals surface area (Å²) in [6.45, 7) is 13.0. The van der Waals surface area contributed by atoms with Crippen LogP contribution in [-0.4, -0.2) is 61.0 Å². The van der Waals surface area contributed by atoms with Crippen LogP contribution in [0.5, 0.6) is 0 Å². The second-order valence-electron chi connectivity index (χ2n) is 7.13. The molecular weight excluding hydrogens is 238 g/mol. The molecule has 4 heteroatoms. The van der Waals surface area contributed by atoms with Gasteiger partial charge >= 0.3 is 0 Å². The highest BCUT2D eigenvalue weighted by atomic mass is 16.2. The molecule has 2 saturated heterocycles. The van der Waals surface area contributed by atoms with Gasteiger partial charge in [0.1, 0.15) is 0 Å². The third-order valence-corrected chi connectivity index (χ3v) is 4.27. The second kappa shape index (κ2) is 6.23. The summed E-state index contributed by atoms with van der Waals surface area (Å²) in [5, 5.41) is 3.39. The molecule has 1 amide bonds. The van der Waals surface area contributed by atoms with Crippen LogP contribution in [-0.2, 0) is 4.79 Å². The maximum Gasteiger partial charge on any atom is 0.222 e. The van der Waals surface area contributed by atoms with E-state index in [2.05, 4.69) is 35.9 Å². The first-order valence-electron chi connectivity index (χ1n) is 7.68. The topological polar surface area (TPSA) is 35.6 Å². The number of likely N-dealkylation sites (tertiary alicyclic amines) is 1. The minimum absolute atomic E-state index is 0.257. The Bertz CT molecular complexity index is 305. The van der Waals surface area contributed by atoms with Gasteiger partial charge in [0.2, 0.25) is 5.91 Å². The lowest BCUT2D eigenvalue weighted by Crippen LogP contribution is -2.49. The monoisotopic (exact) mass is 267 g/mol. The Balaban J connectivity index is 1.76. The summed E-state index contributed by atoms with van der Waals surface area (Å²) in [4.78, 5) is 16.8. The number of rotatable bonds is 3.